The van der Waals surface area contributed by atoms with Crippen LogP contribution in [0.2, 0.25) is 0 Å². The van der Waals surface area contributed by atoms with Gasteiger partial charge in [-0.1, -0.05) is 260 Å². The maximum absolute atomic E-state index is 13.0. The van der Waals surface area contributed by atoms with E-state index in [1.165, 1.54) is 205 Å². The van der Waals surface area contributed by atoms with E-state index in [0.717, 1.165) is 77.0 Å². The van der Waals surface area contributed by atoms with Gasteiger partial charge in [-0.15, -0.1) is 0 Å². The lowest BCUT2D eigenvalue weighted by Gasteiger charge is -2.40. The van der Waals surface area contributed by atoms with Crippen LogP contribution in [-0.4, -0.2) is 100 Å². The van der Waals surface area contributed by atoms with E-state index in [-0.39, 0.29) is 18.5 Å². The number of esters is 1. The second kappa shape index (κ2) is 60.8. The molecule has 1 saturated heterocycles. The Kier molecular flexibility index (Phi) is 57.2. The van der Waals surface area contributed by atoms with Gasteiger partial charge in [0.05, 0.1) is 32.0 Å². The van der Waals surface area contributed by atoms with Crippen molar-refractivity contribution in [2.24, 2.45) is 0 Å². The molecule has 0 saturated carbocycles. The molecule has 11 nitrogen and oxygen atoms in total. The van der Waals surface area contributed by atoms with Crippen LogP contribution >= 0.6 is 0 Å². The van der Waals surface area contributed by atoms with Crippen LogP contribution in [0.25, 0.3) is 0 Å². The Balaban J connectivity index is 1.95. The summed E-state index contributed by atoms with van der Waals surface area (Å²) < 4.78 is 16.7. The van der Waals surface area contributed by atoms with Crippen LogP contribution in [0.15, 0.2) is 72.9 Å². The SMILES string of the molecule is CC/C=C/CC/C=C/CC/C=C/C(O)C(COC1OC(CO)C(O)C(O)C1O)NC(=O)CCCCCCCCCCCCCCCCC/C=C\C/C=C\CCCCCCCCCCCOC(=O)CCCCCCC/C=C\CCCCCCC. The molecule has 1 rings (SSSR count). The van der Waals surface area contributed by atoms with E-state index in [1.54, 1.807) is 6.08 Å². The normalized spacial score (nSPS) is 18.6. The number of hydrogen-bond donors (Lipinski definition) is 6. The van der Waals surface area contributed by atoms with Gasteiger partial charge in [0.1, 0.15) is 24.4 Å². The topological polar surface area (TPSA) is 175 Å². The van der Waals surface area contributed by atoms with Crippen molar-refractivity contribution < 1.29 is 49.3 Å². The van der Waals surface area contributed by atoms with Gasteiger partial charge in [0.2, 0.25) is 5.91 Å². The minimum absolute atomic E-state index is 0.00430. The third-order valence-electron chi connectivity index (χ3n) is 16.0. The predicted molar refractivity (Wildman–Crippen MR) is 347 cm³/mol. The number of aliphatic hydroxyl groups excluding tert-OH is 5. The van der Waals surface area contributed by atoms with E-state index >= 15 is 0 Å². The molecule has 7 atom stereocenters. The van der Waals surface area contributed by atoms with E-state index in [4.69, 9.17) is 14.2 Å². The number of carbonyl (C=O) groups excluding carboxylic acids is 2. The summed E-state index contributed by atoms with van der Waals surface area (Å²) >= 11 is 0. The summed E-state index contributed by atoms with van der Waals surface area (Å²) in [5.41, 5.74) is 0. The molecule has 1 aliphatic rings. The fourth-order valence-electron chi connectivity index (χ4n) is 10.6. The van der Waals surface area contributed by atoms with Gasteiger partial charge >= 0.3 is 5.97 Å². The highest BCUT2D eigenvalue weighted by Gasteiger charge is 2.44. The Morgan fingerprint density at radius 3 is 1.33 bits per heavy atom. The first-order chi connectivity index (χ1) is 40.7. The zero-order chi connectivity index (χ0) is 60.2. The van der Waals surface area contributed by atoms with Crippen molar-refractivity contribution in [1.82, 2.24) is 5.32 Å². The summed E-state index contributed by atoms with van der Waals surface area (Å²) in [7, 11) is 0. The molecule has 0 radical (unpaired) electrons. The Morgan fingerprint density at radius 1 is 0.458 bits per heavy atom. The first-order valence-corrected chi connectivity index (χ1v) is 34.7. The fraction of sp³-hybridized carbons (Fsp3) is 0.806. The van der Waals surface area contributed by atoms with Crippen molar-refractivity contribution in [1.29, 1.82) is 0 Å². The lowest BCUT2D eigenvalue weighted by atomic mass is 9.99. The van der Waals surface area contributed by atoms with Crippen molar-refractivity contribution in [2.45, 2.75) is 352 Å². The fourth-order valence-corrected chi connectivity index (χ4v) is 10.6. The maximum Gasteiger partial charge on any atom is 0.305 e. The molecule has 11 heteroatoms. The lowest BCUT2D eigenvalue weighted by molar-refractivity contribution is -0.302. The quantitative estimate of drug-likeness (QED) is 0.0195. The Labute approximate surface area is 509 Å². The molecule has 0 aromatic rings. The van der Waals surface area contributed by atoms with Crippen LogP contribution in [0.5, 0.6) is 0 Å². The van der Waals surface area contributed by atoms with Crippen molar-refractivity contribution in [2.75, 3.05) is 19.8 Å². The van der Waals surface area contributed by atoms with Crippen LogP contribution in [-0.2, 0) is 23.8 Å². The molecule has 1 amide bonds. The molecule has 1 aliphatic heterocycles. The number of allylic oxidation sites excluding steroid dienone is 11. The second-order valence-corrected chi connectivity index (χ2v) is 23.8. The summed E-state index contributed by atoms with van der Waals surface area (Å²) in [5, 5.41) is 54.3. The van der Waals surface area contributed by atoms with Crippen LogP contribution in [0.4, 0.5) is 0 Å². The molecule has 7 unspecified atom stereocenters. The lowest BCUT2D eigenvalue weighted by Crippen LogP contribution is -2.60. The standard InChI is InChI=1S/C72H129NO10/c1-3-5-7-9-11-13-15-16-37-40-44-48-52-56-60-68(77)81-61-57-53-49-45-41-38-35-33-31-29-27-25-23-21-19-17-18-20-22-24-26-28-30-32-34-36-39-43-47-51-55-59-67(76)73-64(63-82-72-71(80)70(79)69(78)66(62-74)83-72)65(75)58-54-50-46-42-14-12-10-8-6-4-2/h6,8,14-16,19,21,25,27,42,54,58,64-66,69-72,74-75,78-80H,3-5,7,9-13,17-18,20,22-24,26,28-41,43-53,55-57,59-63H2,1-2H3,(H,73,76)/b8-6+,16-15-,21-19-,27-25-,42-14+,58-54+. The maximum atomic E-state index is 13.0. The van der Waals surface area contributed by atoms with E-state index in [2.05, 4.69) is 79.9 Å². The number of nitrogens with one attached hydrogen (secondary N) is 1. The van der Waals surface area contributed by atoms with Crippen molar-refractivity contribution in [3.8, 4) is 0 Å². The molecule has 1 heterocycles. The van der Waals surface area contributed by atoms with Gasteiger partial charge in [-0.2, -0.15) is 0 Å². The largest absolute Gasteiger partial charge is 0.466 e. The van der Waals surface area contributed by atoms with E-state index in [9.17, 15) is 35.1 Å². The monoisotopic (exact) mass is 1170 g/mol. The summed E-state index contributed by atoms with van der Waals surface area (Å²) in [6.45, 7) is 4.20. The van der Waals surface area contributed by atoms with Gasteiger partial charge in [-0.3, -0.25) is 9.59 Å². The van der Waals surface area contributed by atoms with Gasteiger partial charge < -0.3 is 45.1 Å². The van der Waals surface area contributed by atoms with Gasteiger partial charge in [0.25, 0.3) is 0 Å². The average molecular weight is 1170 g/mol. The van der Waals surface area contributed by atoms with Crippen LogP contribution in [0.3, 0.4) is 0 Å². The van der Waals surface area contributed by atoms with Gasteiger partial charge in [-0.05, 0) is 109 Å². The zero-order valence-electron chi connectivity index (χ0n) is 53.4. The van der Waals surface area contributed by atoms with Crippen molar-refractivity contribution in [3.05, 3.63) is 72.9 Å². The Morgan fingerprint density at radius 2 is 0.855 bits per heavy atom. The second-order valence-electron chi connectivity index (χ2n) is 23.8. The van der Waals surface area contributed by atoms with Gasteiger partial charge in [0.15, 0.2) is 6.29 Å². The number of ether oxygens (including phenoxy) is 3. The molecule has 0 bridgehead atoms. The highest BCUT2D eigenvalue weighted by molar-refractivity contribution is 5.76. The molecule has 83 heavy (non-hydrogen) atoms. The van der Waals surface area contributed by atoms with Gasteiger partial charge in [-0.25, -0.2) is 0 Å². The molecule has 0 spiro atoms. The predicted octanol–water partition coefficient (Wildman–Crippen LogP) is 17.5. The van der Waals surface area contributed by atoms with Crippen molar-refractivity contribution >= 4 is 11.9 Å². The minimum atomic E-state index is -1.58. The number of hydrogen-bond acceptors (Lipinski definition) is 10. The van der Waals surface area contributed by atoms with Crippen LogP contribution in [0, 0.1) is 0 Å². The number of aliphatic hydroxyl groups is 5. The molecule has 0 aromatic carbocycles. The van der Waals surface area contributed by atoms with Crippen molar-refractivity contribution in [3.63, 3.8) is 0 Å². The van der Waals surface area contributed by atoms with E-state index in [1.807, 2.05) is 6.08 Å². The molecular formula is C72H129NO10. The Hall–Kier alpha value is -2.90. The summed E-state index contributed by atoms with van der Waals surface area (Å²) in [5.74, 6) is -0.203. The molecule has 1 fully saturated rings. The molecule has 0 aromatic heterocycles. The zero-order valence-corrected chi connectivity index (χ0v) is 53.4. The average Bonchev–Trinajstić information content (AvgIpc) is 3.69. The minimum Gasteiger partial charge on any atom is -0.466 e. The van der Waals surface area contributed by atoms with Gasteiger partial charge in [0, 0.05) is 12.8 Å². The number of rotatable bonds is 60. The highest BCUT2D eigenvalue weighted by Crippen LogP contribution is 2.23. The number of carbonyl (C=O) groups is 2. The third kappa shape index (κ3) is 49.9. The van der Waals surface area contributed by atoms with Crippen LogP contribution < -0.4 is 5.32 Å². The smallest absolute Gasteiger partial charge is 0.305 e. The summed E-state index contributed by atoms with van der Waals surface area (Å²) in [4.78, 5) is 25.1. The van der Waals surface area contributed by atoms with E-state index in [0.29, 0.717) is 19.4 Å². The highest BCUT2D eigenvalue weighted by atomic mass is 16.7. The molecule has 6 N–H and O–H groups in total. The number of unbranched alkanes of at least 4 members (excludes halogenated alkanes) is 36. The van der Waals surface area contributed by atoms with E-state index < -0.39 is 49.5 Å². The number of amides is 1. The Bertz CT molecular complexity index is 1610. The summed E-state index contributed by atoms with van der Waals surface area (Å²) in [6.07, 6.45) is 72.0. The summed E-state index contributed by atoms with van der Waals surface area (Å²) in [6, 6.07) is -0.835. The third-order valence-corrected chi connectivity index (χ3v) is 16.0. The molecular weight excluding hydrogens is 1040 g/mol. The first kappa shape index (κ1) is 78.1. The molecule has 482 valence electrons. The van der Waals surface area contributed by atoms with Crippen LogP contribution in [0.1, 0.15) is 309 Å². The first-order valence-electron chi connectivity index (χ1n) is 34.7. The molecule has 0 aliphatic carbocycles.